The summed E-state index contributed by atoms with van der Waals surface area (Å²) in [6.07, 6.45) is 8.69. The van der Waals surface area contributed by atoms with Crippen LogP contribution >= 0.6 is 0 Å². The first kappa shape index (κ1) is 14.8. The van der Waals surface area contributed by atoms with E-state index in [0.717, 1.165) is 38.9 Å². The molecule has 2 aliphatic rings. The lowest BCUT2D eigenvalue weighted by molar-refractivity contribution is -0.135. The minimum Gasteiger partial charge on any atom is -0.381 e. The zero-order valence-corrected chi connectivity index (χ0v) is 12.4. The van der Waals surface area contributed by atoms with Gasteiger partial charge in [0.1, 0.15) is 0 Å². The van der Waals surface area contributed by atoms with Gasteiger partial charge in [-0.05, 0) is 32.7 Å². The molecule has 4 nitrogen and oxygen atoms in total. The summed E-state index contributed by atoms with van der Waals surface area (Å²) in [5, 5.41) is 3.43. The average Bonchev–Trinajstić information content (AvgIpc) is 2.48. The van der Waals surface area contributed by atoms with Gasteiger partial charge in [-0.15, -0.1) is 0 Å². The van der Waals surface area contributed by atoms with Gasteiger partial charge in [-0.3, -0.25) is 4.79 Å². The second kappa shape index (κ2) is 6.71. The molecule has 1 N–H and O–H groups in total. The Morgan fingerprint density at radius 3 is 2.47 bits per heavy atom. The SMILES string of the molecule is CNC1(CC(=O)N(C)C2CCOCC2)CCCCC1. The van der Waals surface area contributed by atoms with Crippen molar-refractivity contribution in [3.05, 3.63) is 0 Å². The van der Waals surface area contributed by atoms with E-state index in [1.807, 2.05) is 19.0 Å². The molecule has 0 radical (unpaired) electrons. The van der Waals surface area contributed by atoms with E-state index in [4.69, 9.17) is 4.74 Å². The van der Waals surface area contributed by atoms with Gasteiger partial charge in [0.2, 0.25) is 5.91 Å². The summed E-state index contributed by atoms with van der Waals surface area (Å²) in [7, 11) is 3.97. The summed E-state index contributed by atoms with van der Waals surface area (Å²) < 4.78 is 5.37. The average molecular weight is 268 g/mol. The molecule has 2 fully saturated rings. The topological polar surface area (TPSA) is 41.6 Å². The van der Waals surface area contributed by atoms with Gasteiger partial charge in [-0.2, -0.15) is 0 Å². The lowest BCUT2D eigenvalue weighted by Gasteiger charge is -2.39. The van der Waals surface area contributed by atoms with Gasteiger partial charge < -0.3 is 15.0 Å². The van der Waals surface area contributed by atoms with Crippen molar-refractivity contribution >= 4 is 5.91 Å². The summed E-state index contributed by atoms with van der Waals surface area (Å²) in [5.74, 6) is 0.295. The molecule has 0 spiro atoms. The van der Waals surface area contributed by atoms with Gasteiger partial charge >= 0.3 is 0 Å². The maximum atomic E-state index is 12.5. The van der Waals surface area contributed by atoms with Crippen LogP contribution in [0.4, 0.5) is 0 Å². The Labute approximate surface area is 116 Å². The van der Waals surface area contributed by atoms with E-state index in [0.29, 0.717) is 18.4 Å². The third-order valence-corrected chi connectivity index (χ3v) is 4.96. The first-order valence-corrected chi connectivity index (χ1v) is 7.69. The number of carbonyl (C=O) groups excluding carboxylic acids is 1. The van der Waals surface area contributed by atoms with Gasteiger partial charge in [0.05, 0.1) is 0 Å². The molecule has 1 saturated heterocycles. The molecule has 1 heterocycles. The van der Waals surface area contributed by atoms with E-state index >= 15 is 0 Å². The third-order valence-electron chi connectivity index (χ3n) is 4.96. The van der Waals surface area contributed by atoms with Crippen LogP contribution in [-0.2, 0) is 9.53 Å². The molecule has 0 aromatic rings. The van der Waals surface area contributed by atoms with Crippen LogP contribution in [0.5, 0.6) is 0 Å². The highest BCUT2D eigenvalue weighted by atomic mass is 16.5. The summed E-state index contributed by atoms with van der Waals surface area (Å²) in [6.45, 7) is 1.58. The van der Waals surface area contributed by atoms with Gasteiger partial charge in [-0.1, -0.05) is 19.3 Å². The minimum atomic E-state index is 0.0504. The highest BCUT2D eigenvalue weighted by Gasteiger charge is 2.34. The molecule has 19 heavy (non-hydrogen) atoms. The van der Waals surface area contributed by atoms with Crippen molar-refractivity contribution in [3.63, 3.8) is 0 Å². The monoisotopic (exact) mass is 268 g/mol. The second-order valence-electron chi connectivity index (χ2n) is 6.12. The van der Waals surface area contributed by atoms with Crippen molar-refractivity contribution < 1.29 is 9.53 Å². The predicted molar refractivity (Wildman–Crippen MR) is 76.1 cm³/mol. The molecular formula is C15H28N2O2. The summed E-state index contributed by atoms with van der Waals surface area (Å²) in [5.41, 5.74) is 0.0504. The highest BCUT2D eigenvalue weighted by molar-refractivity contribution is 5.77. The van der Waals surface area contributed by atoms with Crippen molar-refractivity contribution in [1.82, 2.24) is 10.2 Å². The van der Waals surface area contributed by atoms with Gasteiger partial charge in [0.25, 0.3) is 0 Å². The predicted octanol–water partition coefficient (Wildman–Crippen LogP) is 1.94. The Kier molecular flexibility index (Phi) is 5.22. The number of hydrogen-bond acceptors (Lipinski definition) is 3. The zero-order valence-electron chi connectivity index (χ0n) is 12.4. The van der Waals surface area contributed by atoms with Crippen LogP contribution in [0.3, 0.4) is 0 Å². The molecule has 0 aromatic carbocycles. The van der Waals surface area contributed by atoms with Gasteiger partial charge in [-0.25, -0.2) is 0 Å². The number of hydrogen-bond donors (Lipinski definition) is 1. The molecule has 0 bridgehead atoms. The fourth-order valence-electron chi connectivity index (χ4n) is 3.43. The second-order valence-corrected chi connectivity index (χ2v) is 6.12. The first-order valence-electron chi connectivity index (χ1n) is 7.69. The zero-order chi connectivity index (χ0) is 13.7. The Bertz CT molecular complexity index is 295. The number of nitrogens with one attached hydrogen (secondary N) is 1. The molecular weight excluding hydrogens is 240 g/mol. The van der Waals surface area contributed by atoms with E-state index in [2.05, 4.69) is 5.32 Å². The standard InChI is InChI=1S/C15H28N2O2/c1-16-15(8-4-3-5-9-15)12-14(18)17(2)13-6-10-19-11-7-13/h13,16H,3-12H2,1-2H3. The van der Waals surface area contributed by atoms with Crippen LogP contribution in [0, 0.1) is 0 Å². The molecule has 0 unspecified atom stereocenters. The number of ether oxygens (including phenoxy) is 1. The smallest absolute Gasteiger partial charge is 0.224 e. The number of nitrogens with zero attached hydrogens (tertiary/aromatic N) is 1. The van der Waals surface area contributed by atoms with Crippen molar-refractivity contribution in [3.8, 4) is 0 Å². The summed E-state index contributed by atoms with van der Waals surface area (Å²) >= 11 is 0. The van der Waals surface area contributed by atoms with Gasteiger partial charge in [0.15, 0.2) is 0 Å². The summed E-state index contributed by atoms with van der Waals surface area (Å²) in [4.78, 5) is 14.5. The highest BCUT2D eigenvalue weighted by Crippen LogP contribution is 2.31. The van der Waals surface area contributed by atoms with Crippen LogP contribution < -0.4 is 5.32 Å². The van der Waals surface area contributed by atoms with E-state index in [-0.39, 0.29) is 5.54 Å². The van der Waals surface area contributed by atoms with Gasteiger partial charge in [0, 0.05) is 38.3 Å². The normalized spacial score (nSPS) is 24.1. The molecule has 4 heteroatoms. The van der Waals surface area contributed by atoms with Crippen molar-refractivity contribution in [1.29, 1.82) is 0 Å². The van der Waals surface area contributed by atoms with Crippen LogP contribution in [0.2, 0.25) is 0 Å². The third kappa shape index (κ3) is 3.69. The Hall–Kier alpha value is -0.610. The maximum Gasteiger partial charge on any atom is 0.224 e. The van der Waals surface area contributed by atoms with E-state index < -0.39 is 0 Å². The molecule has 2 rings (SSSR count). The Morgan fingerprint density at radius 1 is 1.26 bits per heavy atom. The van der Waals surface area contributed by atoms with Crippen molar-refractivity contribution in [2.45, 2.75) is 62.9 Å². The van der Waals surface area contributed by atoms with Crippen molar-refractivity contribution in [2.24, 2.45) is 0 Å². The molecule has 1 aliphatic carbocycles. The quantitative estimate of drug-likeness (QED) is 0.847. The fourth-order valence-corrected chi connectivity index (χ4v) is 3.43. The minimum absolute atomic E-state index is 0.0504. The number of rotatable bonds is 4. The van der Waals surface area contributed by atoms with Crippen LogP contribution in [0.25, 0.3) is 0 Å². The summed E-state index contributed by atoms with van der Waals surface area (Å²) in [6, 6.07) is 0.374. The van der Waals surface area contributed by atoms with Crippen LogP contribution in [0.15, 0.2) is 0 Å². The fraction of sp³-hybridized carbons (Fsp3) is 0.933. The lowest BCUT2D eigenvalue weighted by atomic mass is 9.79. The van der Waals surface area contributed by atoms with E-state index in [1.54, 1.807) is 0 Å². The first-order chi connectivity index (χ1) is 9.17. The number of carbonyl (C=O) groups is 1. The van der Waals surface area contributed by atoms with Crippen LogP contribution in [0.1, 0.15) is 51.4 Å². The Morgan fingerprint density at radius 2 is 1.89 bits per heavy atom. The van der Waals surface area contributed by atoms with E-state index in [9.17, 15) is 4.79 Å². The van der Waals surface area contributed by atoms with E-state index in [1.165, 1.54) is 19.3 Å². The van der Waals surface area contributed by atoms with Crippen LogP contribution in [-0.4, -0.2) is 49.7 Å². The lowest BCUT2D eigenvalue weighted by Crippen LogP contribution is -2.50. The molecule has 0 aromatic heterocycles. The molecule has 110 valence electrons. The molecule has 0 atom stereocenters. The molecule has 1 saturated carbocycles. The molecule has 1 aliphatic heterocycles. The maximum absolute atomic E-state index is 12.5. The van der Waals surface area contributed by atoms with Crippen molar-refractivity contribution in [2.75, 3.05) is 27.3 Å². The number of amides is 1. The molecule has 1 amide bonds. The Balaban J connectivity index is 1.90. The largest absolute Gasteiger partial charge is 0.381 e.